The third-order valence-electron chi connectivity index (χ3n) is 8.04. The minimum Gasteiger partial charge on any atom is -0.481 e. The molecule has 7 saturated carbocycles. The predicted molar refractivity (Wildman–Crippen MR) is 80.3 cm³/mol. The van der Waals surface area contributed by atoms with Gasteiger partial charge in [0.2, 0.25) is 5.91 Å². The Morgan fingerprint density at radius 2 is 1.32 bits per heavy atom. The molecule has 0 heterocycles. The Labute approximate surface area is 135 Å². The molecule has 7 fully saturated rings. The number of aliphatic carboxylic acids is 1. The van der Waals surface area contributed by atoms with E-state index >= 15 is 0 Å². The lowest BCUT2D eigenvalue weighted by molar-refractivity contribution is -0.244. The van der Waals surface area contributed by atoms with Crippen molar-refractivity contribution in [1.82, 2.24) is 5.32 Å². The molecule has 0 aliphatic heterocycles. The van der Waals surface area contributed by atoms with Gasteiger partial charge in [0.1, 0.15) is 5.88 Å². The second-order valence-corrected chi connectivity index (χ2v) is 9.02. The Balaban J connectivity index is 1.50. The first-order chi connectivity index (χ1) is 10.5. The zero-order valence-electron chi connectivity index (χ0n) is 12.6. The van der Waals surface area contributed by atoms with Crippen molar-refractivity contribution in [2.24, 2.45) is 40.9 Å². The summed E-state index contributed by atoms with van der Waals surface area (Å²) in [4.78, 5) is 23.7. The van der Waals surface area contributed by atoms with E-state index in [0.717, 1.165) is 38.5 Å². The number of nitrogens with one attached hydrogen (secondary N) is 1. The van der Waals surface area contributed by atoms with Gasteiger partial charge in [-0.25, -0.2) is 0 Å². The monoisotopic (exact) mass is 323 g/mol. The maximum absolute atomic E-state index is 11.9. The molecule has 0 atom stereocenters. The first-order valence-electron chi connectivity index (χ1n) is 8.57. The van der Waals surface area contributed by atoms with Gasteiger partial charge in [0.05, 0.1) is 5.41 Å². The quantitative estimate of drug-likeness (QED) is 0.783. The van der Waals surface area contributed by atoms with Crippen LogP contribution in [0.25, 0.3) is 0 Å². The van der Waals surface area contributed by atoms with Crippen molar-refractivity contribution in [3.8, 4) is 0 Å². The van der Waals surface area contributed by atoms with Crippen molar-refractivity contribution < 1.29 is 14.7 Å². The number of rotatable bonds is 3. The molecule has 0 aromatic rings. The summed E-state index contributed by atoms with van der Waals surface area (Å²) in [6, 6.07) is 0. The van der Waals surface area contributed by atoms with Gasteiger partial charge in [-0.05, 0) is 74.0 Å². The largest absolute Gasteiger partial charge is 0.481 e. The van der Waals surface area contributed by atoms with Crippen LogP contribution in [0.4, 0.5) is 0 Å². The molecule has 7 rings (SSSR count). The highest BCUT2D eigenvalue weighted by atomic mass is 35.5. The predicted octanol–water partition coefficient (Wildman–Crippen LogP) is 2.26. The third-order valence-corrected chi connectivity index (χ3v) is 8.28. The number of hydrogen-bond acceptors (Lipinski definition) is 2. The first kappa shape index (κ1) is 13.6. The molecule has 0 spiro atoms. The van der Waals surface area contributed by atoms with Crippen LogP contribution < -0.4 is 5.32 Å². The van der Waals surface area contributed by atoms with Crippen molar-refractivity contribution >= 4 is 23.5 Å². The van der Waals surface area contributed by atoms with Gasteiger partial charge in [0, 0.05) is 5.54 Å². The maximum Gasteiger partial charge on any atom is 0.309 e. The summed E-state index contributed by atoms with van der Waals surface area (Å²) in [6.07, 6.45) is 5.83. The summed E-state index contributed by atoms with van der Waals surface area (Å²) in [5.74, 6) is 3.13. The molecule has 0 unspecified atom stereocenters. The number of carbonyl (C=O) groups is 2. The Hall–Kier alpha value is -0.770. The number of carboxylic acid groups (broad SMARTS) is 1. The number of carboxylic acids is 1. The summed E-state index contributed by atoms with van der Waals surface area (Å²) < 4.78 is 0. The van der Waals surface area contributed by atoms with Crippen LogP contribution in [-0.4, -0.2) is 28.4 Å². The van der Waals surface area contributed by atoms with Crippen molar-refractivity contribution in [3.05, 3.63) is 0 Å². The molecule has 2 N–H and O–H groups in total. The number of amides is 1. The number of carbonyl (C=O) groups excluding carboxylic acids is 1. The van der Waals surface area contributed by atoms with E-state index in [1.807, 2.05) is 0 Å². The van der Waals surface area contributed by atoms with Gasteiger partial charge in [-0.2, -0.15) is 0 Å². The fraction of sp³-hybridized carbons (Fsp3) is 0.882. The highest BCUT2D eigenvalue weighted by molar-refractivity contribution is 6.27. The van der Waals surface area contributed by atoms with Crippen LogP contribution in [0, 0.1) is 40.9 Å². The fourth-order valence-electron chi connectivity index (χ4n) is 7.67. The first-order valence-corrected chi connectivity index (χ1v) is 9.11. The number of halogens is 1. The average molecular weight is 324 g/mol. The molecule has 7 aliphatic carbocycles. The van der Waals surface area contributed by atoms with Crippen LogP contribution in [0.5, 0.6) is 0 Å². The second-order valence-electron chi connectivity index (χ2n) is 8.76. The SMILES string of the molecule is O=C(CCl)NC12CC3C4CC5(C(=O)O)CC3C(C1)C(C5)C4C2. The number of hydrogen-bond donors (Lipinski definition) is 2. The molecule has 0 radical (unpaired) electrons. The van der Waals surface area contributed by atoms with Crippen molar-refractivity contribution in [1.29, 1.82) is 0 Å². The molecule has 22 heavy (non-hydrogen) atoms. The lowest BCUT2D eigenvalue weighted by Crippen LogP contribution is -2.73. The smallest absolute Gasteiger partial charge is 0.309 e. The maximum atomic E-state index is 11.9. The van der Waals surface area contributed by atoms with Crippen molar-refractivity contribution in [3.63, 3.8) is 0 Å². The van der Waals surface area contributed by atoms with E-state index in [9.17, 15) is 14.7 Å². The molecule has 8 bridgehead atoms. The van der Waals surface area contributed by atoms with Gasteiger partial charge in [-0.3, -0.25) is 9.59 Å². The van der Waals surface area contributed by atoms with Crippen molar-refractivity contribution in [2.45, 2.75) is 44.1 Å². The van der Waals surface area contributed by atoms with Gasteiger partial charge >= 0.3 is 5.97 Å². The van der Waals surface area contributed by atoms with Gasteiger partial charge in [-0.15, -0.1) is 11.6 Å². The highest BCUT2D eigenvalue weighted by Crippen LogP contribution is 2.74. The Bertz CT molecular complexity index is 511. The highest BCUT2D eigenvalue weighted by Gasteiger charge is 2.72. The summed E-state index contributed by atoms with van der Waals surface area (Å²) in [5.41, 5.74) is -0.448. The van der Waals surface area contributed by atoms with E-state index in [1.54, 1.807) is 0 Å². The molecule has 7 aliphatic rings. The van der Waals surface area contributed by atoms with Crippen LogP contribution in [0.15, 0.2) is 0 Å². The van der Waals surface area contributed by atoms with E-state index in [4.69, 9.17) is 11.6 Å². The molecular formula is C17H22ClNO3. The number of alkyl halides is 1. The molecular weight excluding hydrogens is 302 g/mol. The molecule has 0 saturated heterocycles. The average Bonchev–Trinajstić information content (AvgIpc) is 2.51. The minimum atomic E-state index is -0.550. The Morgan fingerprint density at radius 3 is 1.68 bits per heavy atom. The van der Waals surface area contributed by atoms with E-state index in [0.29, 0.717) is 35.5 Å². The van der Waals surface area contributed by atoms with E-state index in [2.05, 4.69) is 5.32 Å². The van der Waals surface area contributed by atoms with Crippen LogP contribution in [0.2, 0.25) is 0 Å². The molecule has 4 nitrogen and oxygen atoms in total. The van der Waals surface area contributed by atoms with Gasteiger partial charge in [-0.1, -0.05) is 0 Å². The summed E-state index contributed by atoms with van der Waals surface area (Å²) in [6.45, 7) is 0. The normalized spacial score (nSPS) is 56.4. The summed E-state index contributed by atoms with van der Waals surface area (Å²) >= 11 is 5.70. The topological polar surface area (TPSA) is 66.4 Å². The molecule has 1 amide bonds. The Kier molecular flexibility index (Phi) is 2.48. The van der Waals surface area contributed by atoms with Gasteiger partial charge in [0.15, 0.2) is 0 Å². The van der Waals surface area contributed by atoms with Crippen LogP contribution in [0.3, 0.4) is 0 Å². The summed E-state index contributed by atoms with van der Waals surface area (Å²) in [5, 5.41) is 13.0. The minimum absolute atomic E-state index is 0.0317. The van der Waals surface area contributed by atoms with Gasteiger partial charge < -0.3 is 10.4 Å². The van der Waals surface area contributed by atoms with E-state index in [1.165, 1.54) is 0 Å². The van der Waals surface area contributed by atoms with Crippen LogP contribution in [0.1, 0.15) is 38.5 Å². The lowest BCUT2D eigenvalue weighted by atomic mass is 9.31. The standard InChI is InChI=1S/C17H22ClNO3/c18-7-14(20)19-17-4-11-8-1-16(15(21)22)2-9(11)13(6-17)10(3-16)12(8)5-17/h8-13H,1-7H2,(H,19,20)(H,21,22). The van der Waals surface area contributed by atoms with E-state index < -0.39 is 11.4 Å². The molecule has 120 valence electrons. The van der Waals surface area contributed by atoms with Crippen LogP contribution in [-0.2, 0) is 9.59 Å². The third kappa shape index (κ3) is 1.46. The zero-order chi connectivity index (χ0) is 15.3. The summed E-state index contributed by atoms with van der Waals surface area (Å²) in [7, 11) is 0. The lowest BCUT2D eigenvalue weighted by Gasteiger charge is -2.74. The molecule has 5 heteroatoms. The Morgan fingerprint density at radius 1 is 0.909 bits per heavy atom. The molecule has 0 aromatic carbocycles. The second kappa shape index (κ2) is 4.00. The van der Waals surface area contributed by atoms with Crippen molar-refractivity contribution in [2.75, 3.05) is 5.88 Å². The fourth-order valence-corrected chi connectivity index (χ4v) is 7.74. The van der Waals surface area contributed by atoms with Gasteiger partial charge in [0.25, 0.3) is 0 Å². The van der Waals surface area contributed by atoms with E-state index in [-0.39, 0.29) is 17.3 Å². The molecule has 0 aromatic heterocycles. The zero-order valence-corrected chi connectivity index (χ0v) is 13.3. The van der Waals surface area contributed by atoms with Crippen LogP contribution >= 0.6 is 11.6 Å².